The molecule has 0 bridgehead atoms. The van der Waals surface area contributed by atoms with E-state index in [4.69, 9.17) is 0 Å². The van der Waals surface area contributed by atoms with Crippen molar-refractivity contribution in [2.45, 2.75) is 0 Å². The molecule has 14 nitrogen and oxygen atoms in total. The average Bonchev–Trinajstić information content (AvgIpc) is 2.86. The first-order valence-corrected chi connectivity index (χ1v) is 10.4. The van der Waals surface area contributed by atoms with E-state index in [1.165, 1.54) is 36.4 Å². The quantitative estimate of drug-likeness (QED) is 0.165. The van der Waals surface area contributed by atoms with Crippen LogP contribution in [0.4, 0.5) is 17.1 Å². The summed E-state index contributed by atoms with van der Waals surface area (Å²) in [6.45, 7) is 0. The zero-order valence-electron chi connectivity index (χ0n) is 18.6. The Morgan fingerprint density at radius 2 is 1.59 bits per heavy atom. The van der Waals surface area contributed by atoms with Gasteiger partial charge in [0.25, 0.3) is 11.2 Å². The average molecular weight is 504 g/mol. The summed E-state index contributed by atoms with van der Waals surface area (Å²) < 4.78 is 0.834. The van der Waals surface area contributed by atoms with E-state index in [1.54, 1.807) is 18.2 Å². The number of para-hydroxylation sites is 1. The highest BCUT2D eigenvalue weighted by atomic mass is 16.6. The predicted molar refractivity (Wildman–Crippen MR) is 131 cm³/mol. The lowest BCUT2D eigenvalue weighted by Gasteiger charge is -2.14. The van der Waals surface area contributed by atoms with Gasteiger partial charge in [0.1, 0.15) is 22.7 Å². The summed E-state index contributed by atoms with van der Waals surface area (Å²) in [5, 5.41) is 47.3. The number of nitro benzene ring substituents is 2. The predicted octanol–water partition coefficient (Wildman–Crippen LogP) is 2.62. The third-order valence-corrected chi connectivity index (χ3v) is 5.15. The highest BCUT2D eigenvalue weighted by molar-refractivity contribution is 6.14. The number of benzene rings is 3. The second kappa shape index (κ2) is 9.83. The number of phenols is 1. The van der Waals surface area contributed by atoms with Gasteiger partial charge in [0.15, 0.2) is 0 Å². The summed E-state index contributed by atoms with van der Waals surface area (Å²) in [6.07, 6.45) is 0. The van der Waals surface area contributed by atoms with Crippen molar-refractivity contribution < 1.29 is 20.1 Å². The summed E-state index contributed by atoms with van der Waals surface area (Å²) in [6, 6.07) is 16.0. The van der Waals surface area contributed by atoms with Crippen LogP contribution >= 0.6 is 0 Å². The number of hydrogen-bond acceptors (Lipinski definition) is 10. The number of nitrogens with zero attached hydrogens (tertiary/aromatic N) is 4. The number of H-pyrrole nitrogens is 1. The number of hydrazone groups is 1. The molecule has 0 aliphatic heterocycles. The van der Waals surface area contributed by atoms with Gasteiger partial charge >= 0.3 is 11.4 Å². The van der Waals surface area contributed by atoms with Crippen molar-refractivity contribution in [3.8, 4) is 17.3 Å². The summed E-state index contributed by atoms with van der Waals surface area (Å²) in [5.41, 5.74) is -1.29. The molecule has 0 fully saturated rings. The Hall–Kier alpha value is -5.79. The number of aromatic nitrogens is 2. The summed E-state index contributed by atoms with van der Waals surface area (Å²) >= 11 is 0. The van der Waals surface area contributed by atoms with Crippen molar-refractivity contribution >= 4 is 22.8 Å². The number of aromatic hydroxyl groups is 2. The molecule has 0 amide bonds. The second-order valence-electron chi connectivity index (χ2n) is 7.46. The van der Waals surface area contributed by atoms with Crippen LogP contribution < -0.4 is 16.7 Å². The van der Waals surface area contributed by atoms with Crippen LogP contribution in [0.25, 0.3) is 5.69 Å². The topological polar surface area (TPSA) is 206 Å². The van der Waals surface area contributed by atoms with Crippen LogP contribution in [-0.4, -0.2) is 35.3 Å². The van der Waals surface area contributed by atoms with Crippen molar-refractivity contribution in [2.75, 3.05) is 5.43 Å². The van der Waals surface area contributed by atoms with Gasteiger partial charge in [-0.2, -0.15) is 5.10 Å². The molecule has 0 saturated heterocycles. The number of rotatable bonds is 7. The largest absolute Gasteiger partial charge is 0.508 e. The lowest BCUT2D eigenvalue weighted by molar-refractivity contribution is -0.393. The summed E-state index contributed by atoms with van der Waals surface area (Å²) in [4.78, 5) is 48.4. The minimum absolute atomic E-state index is 0.116. The standard InChI is InChI=1S/C23H16N6O8/c30-16-9-6-13(7-10-16)20(26-25-17-11-8-15(28(34)35)12-18(17)29(36)37)19-21(31)24-23(33)27(22(19)32)14-4-2-1-3-5-14/h1-12,25,30,32H,(H,24,31,33)/b26-20+. The fraction of sp³-hybridized carbons (Fsp3) is 0. The van der Waals surface area contributed by atoms with Crippen molar-refractivity contribution in [3.63, 3.8) is 0 Å². The third kappa shape index (κ3) is 4.88. The first kappa shape index (κ1) is 24.3. The third-order valence-electron chi connectivity index (χ3n) is 5.15. The van der Waals surface area contributed by atoms with E-state index in [1.807, 2.05) is 0 Å². The van der Waals surface area contributed by atoms with E-state index in [-0.39, 0.29) is 28.4 Å². The number of nitro groups is 2. The lowest BCUT2D eigenvalue weighted by Crippen LogP contribution is -2.33. The Bertz CT molecular complexity index is 1660. The van der Waals surface area contributed by atoms with E-state index in [0.29, 0.717) is 0 Å². The fourth-order valence-corrected chi connectivity index (χ4v) is 3.43. The zero-order valence-corrected chi connectivity index (χ0v) is 18.6. The maximum atomic E-state index is 12.9. The molecule has 1 heterocycles. The van der Waals surface area contributed by atoms with E-state index >= 15 is 0 Å². The number of phenolic OH excluding ortho intramolecular Hbond substituents is 1. The summed E-state index contributed by atoms with van der Waals surface area (Å²) in [7, 11) is 0. The minimum atomic E-state index is -1.01. The molecule has 3 aromatic carbocycles. The van der Waals surface area contributed by atoms with E-state index in [9.17, 15) is 40.0 Å². The molecule has 0 saturated carbocycles. The molecule has 1 aromatic heterocycles. The molecule has 0 aliphatic rings. The van der Waals surface area contributed by atoms with Gasteiger partial charge in [-0.25, -0.2) is 9.36 Å². The molecule has 14 heteroatoms. The smallest absolute Gasteiger partial charge is 0.335 e. The van der Waals surface area contributed by atoms with Crippen LogP contribution in [0.15, 0.2) is 87.5 Å². The zero-order chi connectivity index (χ0) is 26.7. The van der Waals surface area contributed by atoms with E-state index in [0.717, 1.165) is 22.8 Å². The number of aromatic amines is 1. The first-order chi connectivity index (χ1) is 17.7. The Morgan fingerprint density at radius 1 is 0.919 bits per heavy atom. The Labute approximate surface area is 205 Å². The fourth-order valence-electron chi connectivity index (χ4n) is 3.43. The Morgan fingerprint density at radius 3 is 2.22 bits per heavy atom. The van der Waals surface area contributed by atoms with Gasteiger partial charge in [0.05, 0.1) is 21.6 Å². The molecule has 0 unspecified atom stereocenters. The van der Waals surface area contributed by atoms with Crippen LogP contribution in [0, 0.1) is 20.2 Å². The monoisotopic (exact) mass is 504 g/mol. The molecule has 4 aromatic rings. The Kier molecular flexibility index (Phi) is 6.47. The maximum absolute atomic E-state index is 12.9. The molecule has 0 radical (unpaired) electrons. The van der Waals surface area contributed by atoms with Crippen LogP contribution in [0.1, 0.15) is 11.1 Å². The molecule has 186 valence electrons. The van der Waals surface area contributed by atoms with Gasteiger partial charge in [0, 0.05) is 11.6 Å². The normalized spacial score (nSPS) is 11.2. The van der Waals surface area contributed by atoms with Crippen molar-refractivity contribution in [1.82, 2.24) is 9.55 Å². The van der Waals surface area contributed by atoms with Gasteiger partial charge in [-0.1, -0.05) is 18.2 Å². The van der Waals surface area contributed by atoms with Crippen molar-refractivity contribution in [2.24, 2.45) is 5.10 Å². The van der Waals surface area contributed by atoms with Crippen LogP contribution in [-0.2, 0) is 0 Å². The molecule has 0 atom stereocenters. The van der Waals surface area contributed by atoms with Gasteiger partial charge < -0.3 is 10.2 Å². The van der Waals surface area contributed by atoms with Crippen molar-refractivity contribution in [1.29, 1.82) is 0 Å². The number of non-ortho nitro benzene ring substituents is 1. The molecule has 0 aliphatic carbocycles. The number of nitrogens with one attached hydrogen (secondary N) is 2. The molecule has 4 N–H and O–H groups in total. The van der Waals surface area contributed by atoms with E-state index in [2.05, 4.69) is 15.5 Å². The number of anilines is 1. The maximum Gasteiger partial charge on any atom is 0.335 e. The number of hydrogen-bond donors (Lipinski definition) is 4. The van der Waals surface area contributed by atoms with Gasteiger partial charge in [0.2, 0.25) is 5.88 Å². The summed E-state index contributed by atoms with van der Waals surface area (Å²) in [5.74, 6) is -0.888. The molecule has 4 rings (SSSR count). The van der Waals surface area contributed by atoms with Gasteiger partial charge in [-0.05, 0) is 42.5 Å². The molecular formula is C23H16N6O8. The van der Waals surface area contributed by atoms with Crippen LogP contribution in [0.3, 0.4) is 0 Å². The molecular weight excluding hydrogens is 488 g/mol. The molecule has 37 heavy (non-hydrogen) atoms. The Balaban J connectivity index is 1.94. The minimum Gasteiger partial charge on any atom is -0.508 e. The highest BCUT2D eigenvalue weighted by Gasteiger charge is 2.24. The van der Waals surface area contributed by atoms with Gasteiger partial charge in [-0.3, -0.25) is 35.4 Å². The first-order valence-electron chi connectivity index (χ1n) is 10.4. The SMILES string of the molecule is O=c1[nH]c(=O)n(-c2ccccc2)c(O)c1/C(=N/Nc1ccc([N+](=O)[O-])cc1[N+](=O)[O-])c1ccc(O)cc1. The highest BCUT2D eigenvalue weighted by Crippen LogP contribution is 2.29. The van der Waals surface area contributed by atoms with Crippen LogP contribution in [0.5, 0.6) is 11.6 Å². The lowest BCUT2D eigenvalue weighted by atomic mass is 10.0. The second-order valence-corrected chi connectivity index (χ2v) is 7.46. The molecule has 0 spiro atoms. The van der Waals surface area contributed by atoms with E-state index < -0.39 is 43.9 Å². The van der Waals surface area contributed by atoms with Crippen LogP contribution in [0.2, 0.25) is 0 Å². The van der Waals surface area contributed by atoms with Crippen molar-refractivity contribution in [3.05, 3.63) is 125 Å². The van der Waals surface area contributed by atoms with Gasteiger partial charge in [-0.15, -0.1) is 0 Å².